The van der Waals surface area contributed by atoms with Gasteiger partial charge in [0, 0.05) is 22.1 Å². The number of rotatable bonds is 3. The predicted octanol–water partition coefficient (Wildman–Crippen LogP) is 5.14. The van der Waals surface area contributed by atoms with Crippen LogP contribution in [-0.4, -0.2) is 15.1 Å². The van der Waals surface area contributed by atoms with Crippen molar-refractivity contribution in [2.45, 2.75) is 13.8 Å². The lowest BCUT2D eigenvalue weighted by Crippen LogP contribution is -1.83. The first-order valence-corrected chi connectivity index (χ1v) is 8.51. The Bertz CT molecular complexity index is 986. The van der Waals surface area contributed by atoms with E-state index in [1.165, 1.54) is 0 Å². The number of hydrogen-bond donors (Lipinski definition) is 0. The fraction of sp³-hybridized carbons (Fsp3) is 0.105. The molecule has 0 unspecified atom stereocenters. The Morgan fingerprint density at radius 1 is 0.875 bits per heavy atom. The van der Waals surface area contributed by atoms with Gasteiger partial charge in [-0.25, -0.2) is 4.98 Å². The van der Waals surface area contributed by atoms with Crippen LogP contribution in [0, 0.1) is 13.8 Å². The number of nitrogens with zero attached hydrogens (tertiary/aromatic N) is 3. The molecule has 24 heavy (non-hydrogen) atoms. The van der Waals surface area contributed by atoms with Crippen molar-refractivity contribution in [2.75, 3.05) is 0 Å². The zero-order chi connectivity index (χ0) is 16.5. The minimum Gasteiger partial charge on any atom is -0.334 e. The molecule has 4 aromatic rings. The van der Waals surface area contributed by atoms with Gasteiger partial charge in [-0.2, -0.15) is 4.98 Å². The summed E-state index contributed by atoms with van der Waals surface area (Å²) in [6.07, 6.45) is 0. The summed E-state index contributed by atoms with van der Waals surface area (Å²) < 4.78 is 5.41. The predicted molar refractivity (Wildman–Crippen MR) is 95.8 cm³/mol. The molecule has 0 N–H and O–H groups in total. The maximum absolute atomic E-state index is 5.41. The average molecular weight is 333 g/mol. The fourth-order valence-electron chi connectivity index (χ4n) is 2.52. The number of hydrogen-bond acceptors (Lipinski definition) is 5. The summed E-state index contributed by atoms with van der Waals surface area (Å²) in [6, 6.07) is 16.1. The molecule has 2 aromatic carbocycles. The van der Waals surface area contributed by atoms with Crippen molar-refractivity contribution in [1.29, 1.82) is 0 Å². The molecule has 0 radical (unpaired) electrons. The quantitative estimate of drug-likeness (QED) is 0.520. The molecule has 118 valence electrons. The van der Waals surface area contributed by atoms with E-state index in [0.29, 0.717) is 11.7 Å². The lowest BCUT2D eigenvalue weighted by molar-refractivity contribution is 0.432. The third-order valence-corrected chi connectivity index (χ3v) is 4.52. The second kappa shape index (κ2) is 6.02. The topological polar surface area (TPSA) is 51.8 Å². The van der Waals surface area contributed by atoms with Crippen molar-refractivity contribution < 1.29 is 4.52 Å². The Balaban J connectivity index is 1.63. The minimum absolute atomic E-state index is 0.535. The molecule has 0 atom stereocenters. The van der Waals surface area contributed by atoms with Crippen molar-refractivity contribution in [2.24, 2.45) is 0 Å². The van der Waals surface area contributed by atoms with E-state index >= 15 is 0 Å². The van der Waals surface area contributed by atoms with Gasteiger partial charge in [0.25, 0.3) is 5.89 Å². The number of benzene rings is 2. The summed E-state index contributed by atoms with van der Waals surface area (Å²) in [5, 5.41) is 7.23. The van der Waals surface area contributed by atoms with Gasteiger partial charge in [0.15, 0.2) is 0 Å². The fourth-order valence-corrected chi connectivity index (χ4v) is 3.14. The van der Waals surface area contributed by atoms with Gasteiger partial charge in [0.05, 0.1) is 10.7 Å². The first kappa shape index (κ1) is 14.8. The molecule has 0 saturated carbocycles. The van der Waals surface area contributed by atoms with Gasteiger partial charge in [-0.05, 0) is 26.0 Å². The smallest absolute Gasteiger partial charge is 0.258 e. The van der Waals surface area contributed by atoms with E-state index in [1.54, 1.807) is 11.3 Å². The van der Waals surface area contributed by atoms with Crippen LogP contribution in [0.15, 0.2) is 58.4 Å². The first-order valence-electron chi connectivity index (χ1n) is 7.63. The molecule has 0 amide bonds. The van der Waals surface area contributed by atoms with Crippen LogP contribution in [0.4, 0.5) is 0 Å². The van der Waals surface area contributed by atoms with Crippen LogP contribution in [0.2, 0.25) is 0 Å². The van der Waals surface area contributed by atoms with Crippen molar-refractivity contribution in [3.8, 4) is 34.1 Å². The summed E-state index contributed by atoms with van der Waals surface area (Å²) in [6.45, 7) is 4.05. The van der Waals surface area contributed by atoms with E-state index in [2.05, 4.69) is 20.5 Å². The third-order valence-electron chi connectivity index (χ3n) is 3.75. The Kier molecular flexibility index (Phi) is 3.70. The van der Waals surface area contributed by atoms with Crippen molar-refractivity contribution in [3.05, 3.63) is 64.5 Å². The van der Waals surface area contributed by atoms with Crippen LogP contribution < -0.4 is 0 Å². The molecule has 4 rings (SSSR count). The van der Waals surface area contributed by atoms with Crippen LogP contribution in [0.3, 0.4) is 0 Å². The molecule has 0 aliphatic heterocycles. The monoisotopic (exact) mass is 333 g/mol. The highest BCUT2D eigenvalue weighted by Gasteiger charge is 2.11. The van der Waals surface area contributed by atoms with Crippen molar-refractivity contribution in [3.63, 3.8) is 0 Å². The normalized spacial score (nSPS) is 10.9. The SMILES string of the molecule is Cc1cccc(-c2nc(-c3ccc(-c4csc(C)n4)cc3)no2)c1. The number of aromatic nitrogens is 3. The molecule has 0 bridgehead atoms. The molecule has 0 aliphatic rings. The molecule has 0 aliphatic carbocycles. The largest absolute Gasteiger partial charge is 0.334 e. The highest BCUT2D eigenvalue weighted by Crippen LogP contribution is 2.26. The highest BCUT2D eigenvalue weighted by molar-refractivity contribution is 7.09. The zero-order valence-electron chi connectivity index (χ0n) is 13.4. The van der Waals surface area contributed by atoms with Gasteiger partial charge in [-0.3, -0.25) is 0 Å². The van der Waals surface area contributed by atoms with Crippen LogP contribution in [0.1, 0.15) is 10.6 Å². The lowest BCUT2D eigenvalue weighted by Gasteiger charge is -1.98. The molecule has 4 nitrogen and oxygen atoms in total. The Morgan fingerprint density at radius 3 is 2.38 bits per heavy atom. The van der Waals surface area contributed by atoms with E-state index in [-0.39, 0.29) is 0 Å². The second-order valence-electron chi connectivity index (χ2n) is 5.62. The summed E-state index contributed by atoms with van der Waals surface area (Å²) in [5.41, 5.74) is 5.11. The van der Waals surface area contributed by atoms with Gasteiger partial charge in [0.2, 0.25) is 5.82 Å². The standard InChI is InChI=1S/C19H15N3OS/c1-12-4-3-5-16(10-12)19-21-18(22-23-19)15-8-6-14(7-9-15)17-11-24-13(2)20-17/h3-11H,1-2H3. The van der Waals surface area contributed by atoms with E-state index in [9.17, 15) is 0 Å². The summed E-state index contributed by atoms with van der Waals surface area (Å²) in [4.78, 5) is 9.01. The molecule has 0 saturated heterocycles. The molecule has 0 fully saturated rings. The molecule has 0 spiro atoms. The first-order chi connectivity index (χ1) is 11.7. The number of thiazole rings is 1. The van der Waals surface area contributed by atoms with E-state index in [1.807, 2.05) is 62.4 Å². The van der Waals surface area contributed by atoms with E-state index in [0.717, 1.165) is 33.0 Å². The van der Waals surface area contributed by atoms with Gasteiger partial charge in [0.1, 0.15) is 0 Å². The van der Waals surface area contributed by atoms with E-state index < -0.39 is 0 Å². The highest BCUT2D eigenvalue weighted by atomic mass is 32.1. The maximum atomic E-state index is 5.41. The van der Waals surface area contributed by atoms with Crippen molar-refractivity contribution >= 4 is 11.3 Å². The maximum Gasteiger partial charge on any atom is 0.258 e. The number of aryl methyl sites for hydroxylation is 2. The molecule has 5 heteroatoms. The Hall–Kier alpha value is -2.79. The van der Waals surface area contributed by atoms with Gasteiger partial charge in [-0.1, -0.05) is 47.1 Å². The Labute approximate surface area is 143 Å². The summed E-state index contributed by atoms with van der Waals surface area (Å²) in [5.74, 6) is 1.13. The summed E-state index contributed by atoms with van der Waals surface area (Å²) >= 11 is 1.65. The van der Waals surface area contributed by atoms with Crippen LogP contribution in [0.5, 0.6) is 0 Å². The lowest BCUT2D eigenvalue weighted by atomic mass is 10.1. The molecule has 2 heterocycles. The summed E-state index contributed by atoms with van der Waals surface area (Å²) in [7, 11) is 0. The van der Waals surface area contributed by atoms with Crippen molar-refractivity contribution in [1.82, 2.24) is 15.1 Å². The zero-order valence-corrected chi connectivity index (χ0v) is 14.2. The Morgan fingerprint density at radius 2 is 1.67 bits per heavy atom. The molecular weight excluding hydrogens is 318 g/mol. The van der Waals surface area contributed by atoms with Gasteiger partial charge < -0.3 is 4.52 Å². The van der Waals surface area contributed by atoms with E-state index in [4.69, 9.17) is 4.52 Å². The van der Waals surface area contributed by atoms with Crippen LogP contribution in [-0.2, 0) is 0 Å². The third kappa shape index (κ3) is 2.86. The van der Waals surface area contributed by atoms with Crippen LogP contribution >= 0.6 is 11.3 Å². The molecular formula is C19H15N3OS. The second-order valence-corrected chi connectivity index (χ2v) is 6.68. The minimum atomic E-state index is 0.535. The van der Waals surface area contributed by atoms with Gasteiger partial charge in [-0.15, -0.1) is 11.3 Å². The van der Waals surface area contributed by atoms with Crippen LogP contribution in [0.25, 0.3) is 34.1 Å². The van der Waals surface area contributed by atoms with Gasteiger partial charge >= 0.3 is 0 Å². The average Bonchev–Trinajstić information content (AvgIpc) is 3.24. The molecule has 2 aromatic heterocycles.